The van der Waals surface area contributed by atoms with Crippen LogP contribution in [0.5, 0.6) is 0 Å². The van der Waals surface area contributed by atoms with Gasteiger partial charge in [-0.05, 0) is 17.2 Å². The van der Waals surface area contributed by atoms with E-state index in [4.69, 9.17) is 15.0 Å². The van der Waals surface area contributed by atoms with Gasteiger partial charge in [-0.1, -0.05) is 118 Å². The number of aromatic nitrogens is 3. The number of rotatable bonds is 4. The SMILES string of the molecule is CC(C)(C)c1nc(-c2ccc([Si](C)(C)C)cc2)nc(-c2cccc(-c3ccccc3)c2)n1. The summed E-state index contributed by atoms with van der Waals surface area (Å²) in [5.41, 5.74) is 4.19. The summed E-state index contributed by atoms with van der Waals surface area (Å²) in [6.45, 7) is 13.5. The molecular formula is C28H31N3Si. The van der Waals surface area contributed by atoms with Crippen molar-refractivity contribution in [2.24, 2.45) is 0 Å². The zero-order valence-electron chi connectivity index (χ0n) is 19.8. The van der Waals surface area contributed by atoms with Gasteiger partial charge in [0.2, 0.25) is 0 Å². The molecule has 3 aromatic carbocycles. The molecule has 0 unspecified atom stereocenters. The number of hydrogen-bond acceptors (Lipinski definition) is 3. The van der Waals surface area contributed by atoms with Crippen LogP contribution in [0.2, 0.25) is 19.6 Å². The molecule has 1 heterocycles. The lowest BCUT2D eigenvalue weighted by Crippen LogP contribution is -2.37. The molecular weight excluding hydrogens is 406 g/mol. The van der Waals surface area contributed by atoms with Gasteiger partial charge in [0.15, 0.2) is 11.6 Å². The van der Waals surface area contributed by atoms with Crippen LogP contribution < -0.4 is 5.19 Å². The molecule has 3 nitrogen and oxygen atoms in total. The Morgan fingerprint density at radius 1 is 0.562 bits per heavy atom. The van der Waals surface area contributed by atoms with Crippen LogP contribution in [0, 0.1) is 0 Å². The Balaban J connectivity index is 1.82. The van der Waals surface area contributed by atoms with Crippen LogP contribution in [0.15, 0.2) is 78.9 Å². The molecule has 0 fully saturated rings. The predicted molar refractivity (Wildman–Crippen MR) is 138 cm³/mol. The first-order valence-corrected chi connectivity index (χ1v) is 14.6. The summed E-state index contributed by atoms with van der Waals surface area (Å²) in [5.74, 6) is 2.25. The van der Waals surface area contributed by atoms with Crippen molar-refractivity contribution in [1.82, 2.24) is 15.0 Å². The summed E-state index contributed by atoms with van der Waals surface area (Å²) in [5, 5.41) is 1.43. The third-order valence-corrected chi connectivity index (χ3v) is 7.61. The standard InChI is InChI=1S/C28H31N3Si/c1-28(2,3)27-30-25(21-15-17-24(18-16-21)32(4,5)6)29-26(31-27)23-14-10-13-22(19-23)20-11-8-7-9-12-20/h7-19H,1-6H3. The van der Waals surface area contributed by atoms with Gasteiger partial charge < -0.3 is 0 Å². The van der Waals surface area contributed by atoms with Gasteiger partial charge in [0.05, 0.1) is 8.07 Å². The predicted octanol–water partition coefficient (Wildman–Crippen LogP) is 6.72. The molecule has 32 heavy (non-hydrogen) atoms. The fourth-order valence-corrected chi connectivity index (χ4v) is 4.72. The van der Waals surface area contributed by atoms with Gasteiger partial charge in [-0.2, -0.15) is 0 Å². The smallest absolute Gasteiger partial charge is 0.163 e. The van der Waals surface area contributed by atoms with Crippen molar-refractivity contribution < 1.29 is 0 Å². The van der Waals surface area contributed by atoms with Gasteiger partial charge >= 0.3 is 0 Å². The molecule has 4 rings (SSSR count). The summed E-state index contributed by atoms with van der Waals surface area (Å²) < 4.78 is 0. The first-order valence-electron chi connectivity index (χ1n) is 11.1. The fraction of sp³-hybridized carbons (Fsp3) is 0.250. The second-order valence-corrected chi connectivity index (χ2v) is 15.4. The van der Waals surface area contributed by atoms with Gasteiger partial charge in [-0.15, -0.1) is 0 Å². The van der Waals surface area contributed by atoms with Gasteiger partial charge in [-0.25, -0.2) is 15.0 Å². The normalized spacial score (nSPS) is 12.1. The zero-order valence-corrected chi connectivity index (χ0v) is 20.8. The monoisotopic (exact) mass is 437 g/mol. The van der Waals surface area contributed by atoms with Crippen molar-refractivity contribution in [1.29, 1.82) is 0 Å². The molecule has 0 saturated heterocycles. The molecule has 4 heteroatoms. The molecule has 4 aromatic rings. The summed E-state index contributed by atoms with van der Waals surface area (Å²) in [6, 6.07) is 27.6. The number of nitrogens with zero attached hydrogens (tertiary/aromatic N) is 3. The molecule has 1 aromatic heterocycles. The van der Waals surface area contributed by atoms with Crippen molar-refractivity contribution in [3.05, 3.63) is 84.7 Å². The third-order valence-electron chi connectivity index (χ3n) is 5.54. The maximum Gasteiger partial charge on any atom is 0.163 e. The topological polar surface area (TPSA) is 38.7 Å². The van der Waals surface area contributed by atoms with Gasteiger partial charge in [0.25, 0.3) is 0 Å². The van der Waals surface area contributed by atoms with E-state index in [9.17, 15) is 0 Å². The van der Waals surface area contributed by atoms with E-state index in [0.29, 0.717) is 5.82 Å². The average Bonchev–Trinajstić information content (AvgIpc) is 2.78. The number of hydrogen-bond donors (Lipinski definition) is 0. The lowest BCUT2D eigenvalue weighted by Gasteiger charge is -2.19. The second-order valence-electron chi connectivity index (χ2n) is 10.3. The Morgan fingerprint density at radius 2 is 1.12 bits per heavy atom. The largest absolute Gasteiger partial charge is 0.212 e. The molecule has 162 valence electrons. The van der Waals surface area contributed by atoms with Crippen LogP contribution in [0.25, 0.3) is 33.9 Å². The molecule has 0 atom stereocenters. The Labute approximate surface area is 192 Å². The summed E-state index contributed by atoms with van der Waals surface area (Å²) in [7, 11) is -1.35. The summed E-state index contributed by atoms with van der Waals surface area (Å²) >= 11 is 0. The highest BCUT2D eigenvalue weighted by molar-refractivity contribution is 6.88. The maximum absolute atomic E-state index is 4.90. The van der Waals surface area contributed by atoms with Gasteiger partial charge in [0, 0.05) is 16.5 Å². The van der Waals surface area contributed by atoms with E-state index in [0.717, 1.165) is 28.3 Å². The third kappa shape index (κ3) is 4.86. The van der Waals surface area contributed by atoms with Crippen LogP contribution in [-0.4, -0.2) is 23.0 Å². The molecule has 0 bridgehead atoms. The van der Waals surface area contributed by atoms with Gasteiger partial charge in [-0.3, -0.25) is 0 Å². The minimum Gasteiger partial charge on any atom is -0.212 e. The Bertz CT molecular complexity index is 1220. The molecule has 0 aliphatic heterocycles. The van der Waals surface area contributed by atoms with Crippen LogP contribution in [0.3, 0.4) is 0 Å². The van der Waals surface area contributed by atoms with Crippen LogP contribution >= 0.6 is 0 Å². The Kier molecular flexibility index (Phi) is 5.82. The average molecular weight is 438 g/mol. The van der Waals surface area contributed by atoms with Crippen LogP contribution in [0.1, 0.15) is 26.6 Å². The van der Waals surface area contributed by atoms with Crippen molar-refractivity contribution in [2.45, 2.75) is 45.8 Å². The van der Waals surface area contributed by atoms with E-state index in [1.54, 1.807) is 0 Å². The minimum absolute atomic E-state index is 0.179. The molecule has 0 amide bonds. The minimum atomic E-state index is -1.35. The molecule has 0 aliphatic carbocycles. The Hall–Kier alpha value is -3.11. The zero-order chi connectivity index (χ0) is 22.9. The van der Waals surface area contributed by atoms with E-state index in [1.165, 1.54) is 10.8 Å². The van der Waals surface area contributed by atoms with Crippen LogP contribution in [0.4, 0.5) is 0 Å². The van der Waals surface area contributed by atoms with Crippen molar-refractivity contribution in [3.8, 4) is 33.9 Å². The van der Waals surface area contributed by atoms with Crippen molar-refractivity contribution in [3.63, 3.8) is 0 Å². The van der Waals surface area contributed by atoms with E-state index < -0.39 is 8.07 Å². The number of benzene rings is 3. The van der Waals surface area contributed by atoms with Gasteiger partial charge in [0.1, 0.15) is 5.82 Å². The quantitative estimate of drug-likeness (QED) is 0.333. The molecule has 0 aliphatic rings. The highest BCUT2D eigenvalue weighted by Crippen LogP contribution is 2.28. The van der Waals surface area contributed by atoms with Crippen LogP contribution in [-0.2, 0) is 5.41 Å². The highest BCUT2D eigenvalue weighted by Gasteiger charge is 2.22. The van der Waals surface area contributed by atoms with Crippen molar-refractivity contribution in [2.75, 3.05) is 0 Å². The Morgan fingerprint density at radius 3 is 1.72 bits per heavy atom. The fourth-order valence-electron chi connectivity index (χ4n) is 3.56. The molecule has 0 spiro atoms. The maximum atomic E-state index is 4.90. The highest BCUT2D eigenvalue weighted by atomic mass is 28.3. The van der Waals surface area contributed by atoms with E-state index >= 15 is 0 Å². The molecule has 0 radical (unpaired) electrons. The summed E-state index contributed by atoms with van der Waals surface area (Å²) in [6.07, 6.45) is 0. The first kappa shape index (κ1) is 22.1. The van der Waals surface area contributed by atoms with E-state index in [2.05, 4.69) is 113 Å². The first-order chi connectivity index (χ1) is 15.1. The summed E-state index contributed by atoms with van der Waals surface area (Å²) in [4.78, 5) is 14.6. The van der Waals surface area contributed by atoms with E-state index in [-0.39, 0.29) is 5.41 Å². The van der Waals surface area contributed by atoms with E-state index in [1.807, 2.05) is 6.07 Å². The second kappa shape index (κ2) is 8.44. The lowest BCUT2D eigenvalue weighted by atomic mass is 9.95. The molecule has 0 saturated carbocycles. The van der Waals surface area contributed by atoms with Crippen molar-refractivity contribution >= 4 is 13.3 Å². The lowest BCUT2D eigenvalue weighted by molar-refractivity contribution is 0.543. The molecule has 0 N–H and O–H groups in total.